The highest BCUT2D eigenvalue weighted by Crippen LogP contribution is 2.25. The summed E-state index contributed by atoms with van der Waals surface area (Å²) in [4.78, 5) is 10.8. The van der Waals surface area contributed by atoms with Crippen LogP contribution in [0.1, 0.15) is 13.3 Å². The number of aliphatic hydroxyl groups excluding tert-OH is 4. The fourth-order valence-electron chi connectivity index (χ4n) is 1.91. The molecule has 1 saturated carbocycles. The largest absolute Gasteiger partial charge is 0.396 e. The first-order chi connectivity index (χ1) is 6.97. The molecule has 6 heteroatoms. The van der Waals surface area contributed by atoms with Crippen molar-refractivity contribution in [3.8, 4) is 0 Å². The van der Waals surface area contributed by atoms with Crippen LogP contribution in [0, 0.1) is 5.92 Å². The molecule has 5 N–H and O–H groups in total. The first-order valence-electron chi connectivity index (χ1n) is 4.89. The molecule has 1 amide bonds. The average Bonchev–Trinajstić information content (AvgIpc) is 2.18. The van der Waals surface area contributed by atoms with E-state index in [0.29, 0.717) is 0 Å². The zero-order valence-electron chi connectivity index (χ0n) is 8.50. The van der Waals surface area contributed by atoms with Gasteiger partial charge >= 0.3 is 0 Å². The predicted molar refractivity (Wildman–Crippen MR) is 50.8 cm³/mol. The number of rotatable bonds is 2. The summed E-state index contributed by atoms with van der Waals surface area (Å²) < 4.78 is 0. The molecule has 5 atom stereocenters. The molecule has 88 valence electrons. The quantitative estimate of drug-likeness (QED) is 0.355. The van der Waals surface area contributed by atoms with Crippen LogP contribution in [0.25, 0.3) is 0 Å². The summed E-state index contributed by atoms with van der Waals surface area (Å²) >= 11 is 0. The number of amides is 1. The second-order valence-electron chi connectivity index (χ2n) is 3.95. The summed E-state index contributed by atoms with van der Waals surface area (Å²) in [7, 11) is 0. The summed E-state index contributed by atoms with van der Waals surface area (Å²) in [5.41, 5.74) is 0. The Hall–Kier alpha value is -0.690. The topological polar surface area (TPSA) is 110 Å². The maximum Gasteiger partial charge on any atom is 0.217 e. The minimum Gasteiger partial charge on any atom is -0.396 e. The highest BCUT2D eigenvalue weighted by Gasteiger charge is 2.42. The van der Waals surface area contributed by atoms with Crippen molar-refractivity contribution in [1.82, 2.24) is 5.32 Å². The Labute approximate surface area is 87.5 Å². The lowest BCUT2D eigenvalue weighted by molar-refractivity contribution is -0.133. The fraction of sp³-hybridized carbons (Fsp3) is 0.889. The SMILES string of the molecule is CC(=O)N[C@H]1[C@H](O)[C@@H](O)[C@H](CO)C[C@@H]1O. The van der Waals surface area contributed by atoms with E-state index in [9.17, 15) is 20.1 Å². The van der Waals surface area contributed by atoms with E-state index in [1.54, 1.807) is 0 Å². The Kier molecular flexibility index (Phi) is 4.04. The molecule has 15 heavy (non-hydrogen) atoms. The fourth-order valence-corrected chi connectivity index (χ4v) is 1.91. The second kappa shape index (κ2) is 4.89. The van der Waals surface area contributed by atoms with Gasteiger partial charge in [0.25, 0.3) is 0 Å². The van der Waals surface area contributed by atoms with E-state index in [0.717, 1.165) is 0 Å². The number of nitrogens with one attached hydrogen (secondary N) is 1. The number of hydrogen-bond acceptors (Lipinski definition) is 5. The van der Waals surface area contributed by atoms with Gasteiger partial charge in [0.15, 0.2) is 0 Å². The van der Waals surface area contributed by atoms with Crippen LogP contribution in [0.3, 0.4) is 0 Å². The van der Waals surface area contributed by atoms with Gasteiger partial charge in [-0.25, -0.2) is 0 Å². The van der Waals surface area contributed by atoms with Crippen molar-refractivity contribution in [2.75, 3.05) is 6.61 Å². The summed E-state index contributed by atoms with van der Waals surface area (Å²) in [5.74, 6) is -0.937. The van der Waals surface area contributed by atoms with Crippen LogP contribution in [0.2, 0.25) is 0 Å². The molecular formula is C9H17NO5. The third kappa shape index (κ3) is 2.66. The van der Waals surface area contributed by atoms with Crippen molar-refractivity contribution in [3.05, 3.63) is 0 Å². The Bertz CT molecular complexity index is 235. The third-order valence-electron chi connectivity index (χ3n) is 2.76. The molecule has 0 aromatic carbocycles. The molecule has 0 unspecified atom stereocenters. The lowest BCUT2D eigenvalue weighted by Gasteiger charge is -2.40. The number of carbonyl (C=O) groups excluding carboxylic acids is 1. The maximum atomic E-state index is 10.8. The zero-order valence-corrected chi connectivity index (χ0v) is 8.50. The number of aliphatic hydroxyl groups is 4. The minimum absolute atomic E-state index is 0.152. The Balaban J connectivity index is 2.70. The molecular weight excluding hydrogens is 202 g/mol. The van der Waals surface area contributed by atoms with Crippen molar-refractivity contribution in [1.29, 1.82) is 0 Å². The van der Waals surface area contributed by atoms with Gasteiger partial charge in [-0.15, -0.1) is 0 Å². The Morgan fingerprint density at radius 3 is 2.40 bits per heavy atom. The molecule has 1 aliphatic rings. The Morgan fingerprint density at radius 1 is 1.33 bits per heavy atom. The summed E-state index contributed by atoms with van der Waals surface area (Å²) in [6.45, 7) is 0.964. The summed E-state index contributed by atoms with van der Waals surface area (Å²) in [6, 6.07) is -0.875. The van der Waals surface area contributed by atoms with E-state index in [4.69, 9.17) is 5.11 Å². The first-order valence-corrected chi connectivity index (χ1v) is 4.89. The van der Waals surface area contributed by atoms with Crippen LogP contribution in [-0.2, 0) is 4.79 Å². The van der Waals surface area contributed by atoms with Crippen LogP contribution >= 0.6 is 0 Å². The van der Waals surface area contributed by atoms with Crippen molar-refractivity contribution in [2.24, 2.45) is 5.92 Å². The van der Waals surface area contributed by atoms with Crippen LogP contribution < -0.4 is 5.32 Å². The molecule has 0 saturated heterocycles. The predicted octanol–water partition coefficient (Wildman–Crippen LogP) is -2.41. The molecule has 0 bridgehead atoms. The average molecular weight is 219 g/mol. The van der Waals surface area contributed by atoms with E-state index in [1.807, 2.05) is 0 Å². The molecule has 1 aliphatic carbocycles. The van der Waals surface area contributed by atoms with Gasteiger partial charge in [0.2, 0.25) is 5.91 Å². The molecule has 1 rings (SSSR count). The number of hydrogen-bond donors (Lipinski definition) is 5. The van der Waals surface area contributed by atoms with E-state index < -0.39 is 30.3 Å². The van der Waals surface area contributed by atoms with Crippen molar-refractivity contribution < 1.29 is 25.2 Å². The second-order valence-corrected chi connectivity index (χ2v) is 3.95. The van der Waals surface area contributed by atoms with E-state index in [2.05, 4.69) is 5.32 Å². The molecule has 0 aromatic rings. The van der Waals surface area contributed by atoms with Gasteiger partial charge in [-0.1, -0.05) is 0 Å². The highest BCUT2D eigenvalue weighted by atomic mass is 16.3. The van der Waals surface area contributed by atoms with E-state index in [1.165, 1.54) is 6.92 Å². The van der Waals surface area contributed by atoms with Gasteiger partial charge < -0.3 is 25.7 Å². The van der Waals surface area contributed by atoms with Gasteiger partial charge in [-0.2, -0.15) is 0 Å². The monoisotopic (exact) mass is 219 g/mol. The van der Waals surface area contributed by atoms with Gasteiger partial charge in [0.1, 0.15) is 6.10 Å². The standard InChI is InChI=1S/C9H17NO5/c1-4(12)10-7-6(13)2-5(3-11)8(14)9(7)15/h5-9,11,13-15H,2-3H2,1H3,(H,10,12)/t5-,6-,7+,8-,9-/m0/s1. The molecule has 0 radical (unpaired) electrons. The Morgan fingerprint density at radius 2 is 1.93 bits per heavy atom. The van der Waals surface area contributed by atoms with Crippen LogP contribution in [0.15, 0.2) is 0 Å². The molecule has 0 aromatic heterocycles. The third-order valence-corrected chi connectivity index (χ3v) is 2.76. The lowest BCUT2D eigenvalue weighted by atomic mass is 9.80. The molecule has 0 aliphatic heterocycles. The zero-order chi connectivity index (χ0) is 11.6. The lowest BCUT2D eigenvalue weighted by Crippen LogP contribution is -2.60. The first kappa shape index (κ1) is 12.4. The van der Waals surface area contributed by atoms with Gasteiger partial charge in [-0.05, 0) is 6.42 Å². The molecule has 0 spiro atoms. The maximum absolute atomic E-state index is 10.8. The summed E-state index contributed by atoms with van der Waals surface area (Å²) in [5, 5.41) is 40.1. The van der Waals surface area contributed by atoms with Crippen LogP contribution in [0.5, 0.6) is 0 Å². The van der Waals surface area contributed by atoms with Crippen LogP contribution in [-0.4, -0.2) is 57.3 Å². The van der Waals surface area contributed by atoms with Gasteiger partial charge in [-0.3, -0.25) is 4.79 Å². The normalized spacial score (nSPS) is 41.3. The molecule has 0 heterocycles. The van der Waals surface area contributed by atoms with Gasteiger partial charge in [0.05, 0.1) is 18.2 Å². The van der Waals surface area contributed by atoms with E-state index in [-0.39, 0.29) is 18.9 Å². The minimum atomic E-state index is -1.25. The molecule has 1 fully saturated rings. The van der Waals surface area contributed by atoms with Crippen molar-refractivity contribution in [2.45, 2.75) is 37.7 Å². The smallest absolute Gasteiger partial charge is 0.217 e. The van der Waals surface area contributed by atoms with Crippen LogP contribution in [0.4, 0.5) is 0 Å². The summed E-state index contributed by atoms with van der Waals surface area (Å²) in [6.07, 6.45) is -3.19. The van der Waals surface area contributed by atoms with Crippen molar-refractivity contribution >= 4 is 5.91 Å². The van der Waals surface area contributed by atoms with E-state index >= 15 is 0 Å². The van der Waals surface area contributed by atoms with Crippen molar-refractivity contribution in [3.63, 3.8) is 0 Å². The number of carbonyl (C=O) groups is 1. The van der Waals surface area contributed by atoms with Gasteiger partial charge in [0, 0.05) is 19.4 Å². The molecule has 6 nitrogen and oxygen atoms in total. The highest BCUT2D eigenvalue weighted by molar-refractivity contribution is 5.73.